The summed E-state index contributed by atoms with van der Waals surface area (Å²) < 4.78 is 7.40. The molecule has 3 aromatic rings. The first-order valence-electron chi connectivity index (χ1n) is 10.4. The van der Waals surface area contributed by atoms with Gasteiger partial charge in [0.05, 0.1) is 0 Å². The van der Waals surface area contributed by atoms with Crippen LogP contribution in [0.15, 0.2) is 48.5 Å². The molecular weight excluding hydrogens is 380 g/mol. The molecular formula is C22H26N6O2. The molecule has 1 N–H and O–H groups in total. The first kappa shape index (κ1) is 19.9. The van der Waals surface area contributed by atoms with Gasteiger partial charge in [0.1, 0.15) is 12.4 Å². The van der Waals surface area contributed by atoms with Crippen LogP contribution in [0.25, 0.3) is 0 Å². The number of ether oxygens (including phenoxy) is 1. The van der Waals surface area contributed by atoms with Crippen molar-refractivity contribution in [2.45, 2.75) is 39.3 Å². The molecule has 2 aromatic carbocycles. The van der Waals surface area contributed by atoms with Crippen LogP contribution in [0.3, 0.4) is 0 Å². The van der Waals surface area contributed by atoms with Crippen LogP contribution < -0.4 is 15.0 Å². The van der Waals surface area contributed by atoms with Crippen molar-refractivity contribution >= 4 is 17.3 Å². The second-order valence-electron chi connectivity index (χ2n) is 7.27. The highest BCUT2D eigenvalue weighted by atomic mass is 16.5. The molecule has 1 aromatic heterocycles. The van der Waals surface area contributed by atoms with E-state index in [1.165, 1.54) is 24.9 Å². The monoisotopic (exact) mass is 406 g/mol. The highest BCUT2D eigenvalue weighted by molar-refractivity contribution is 6.04. The second-order valence-corrected chi connectivity index (χ2v) is 7.27. The Morgan fingerprint density at radius 2 is 1.77 bits per heavy atom. The van der Waals surface area contributed by atoms with E-state index in [0.29, 0.717) is 23.7 Å². The molecule has 0 radical (unpaired) electrons. The van der Waals surface area contributed by atoms with Crippen molar-refractivity contribution in [2.75, 3.05) is 23.3 Å². The number of piperidine rings is 1. The van der Waals surface area contributed by atoms with Gasteiger partial charge >= 0.3 is 0 Å². The van der Waals surface area contributed by atoms with Gasteiger partial charge in [-0.15, -0.1) is 5.10 Å². The van der Waals surface area contributed by atoms with Crippen LogP contribution in [0.5, 0.6) is 5.75 Å². The highest BCUT2D eigenvalue weighted by Gasteiger charge is 2.12. The van der Waals surface area contributed by atoms with E-state index in [-0.39, 0.29) is 12.5 Å². The lowest BCUT2D eigenvalue weighted by molar-refractivity contribution is 0.102. The third-order valence-corrected chi connectivity index (χ3v) is 5.24. The first-order chi connectivity index (χ1) is 14.7. The van der Waals surface area contributed by atoms with E-state index in [2.05, 4.69) is 37.9 Å². The Balaban J connectivity index is 1.32. The maximum absolute atomic E-state index is 12.5. The molecule has 4 rings (SSSR count). The molecule has 0 aliphatic carbocycles. The Labute approximate surface area is 175 Å². The Bertz CT molecular complexity index is 962. The van der Waals surface area contributed by atoms with Crippen LogP contribution in [-0.2, 0) is 13.2 Å². The van der Waals surface area contributed by atoms with Crippen molar-refractivity contribution in [3.05, 3.63) is 59.9 Å². The number of hydrogen-bond acceptors (Lipinski definition) is 6. The summed E-state index contributed by atoms with van der Waals surface area (Å²) in [7, 11) is 0. The van der Waals surface area contributed by atoms with Gasteiger partial charge in [0.15, 0.2) is 5.82 Å². The van der Waals surface area contributed by atoms with Gasteiger partial charge in [-0.25, -0.2) is 4.68 Å². The Morgan fingerprint density at radius 3 is 2.47 bits per heavy atom. The van der Waals surface area contributed by atoms with Gasteiger partial charge in [0.2, 0.25) is 0 Å². The highest BCUT2D eigenvalue weighted by Crippen LogP contribution is 2.22. The number of aryl methyl sites for hydroxylation is 1. The van der Waals surface area contributed by atoms with Crippen LogP contribution in [-0.4, -0.2) is 39.2 Å². The smallest absolute Gasteiger partial charge is 0.255 e. The van der Waals surface area contributed by atoms with E-state index in [1.54, 1.807) is 28.9 Å². The number of carbonyl (C=O) groups is 1. The van der Waals surface area contributed by atoms with Gasteiger partial charge in [0.25, 0.3) is 5.91 Å². The fourth-order valence-corrected chi connectivity index (χ4v) is 3.53. The van der Waals surface area contributed by atoms with Gasteiger partial charge in [-0.3, -0.25) is 4.79 Å². The summed E-state index contributed by atoms with van der Waals surface area (Å²) in [5, 5.41) is 14.4. The molecule has 0 saturated carbocycles. The number of carbonyl (C=O) groups excluding carboxylic acids is 1. The standard InChI is InChI=1S/C22H26N6O2/c1-2-28-21(24-25-26-28)16-30-20-12-6-17(7-13-20)22(29)23-18-8-10-19(11-9-18)27-14-4-3-5-15-27/h6-13H,2-5,14-16H2,1H3,(H,23,29). The molecule has 1 aliphatic rings. The third-order valence-electron chi connectivity index (χ3n) is 5.24. The molecule has 30 heavy (non-hydrogen) atoms. The Kier molecular flexibility index (Phi) is 6.22. The van der Waals surface area contributed by atoms with E-state index in [1.807, 2.05) is 19.1 Å². The number of nitrogens with one attached hydrogen (secondary N) is 1. The number of anilines is 2. The largest absolute Gasteiger partial charge is 0.486 e. The minimum atomic E-state index is -0.151. The molecule has 8 heteroatoms. The summed E-state index contributed by atoms with van der Waals surface area (Å²) in [6.45, 7) is 5.13. The summed E-state index contributed by atoms with van der Waals surface area (Å²) in [5.41, 5.74) is 2.57. The molecule has 1 saturated heterocycles. The maximum atomic E-state index is 12.5. The molecule has 0 atom stereocenters. The first-order valence-corrected chi connectivity index (χ1v) is 10.4. The van der Waals surface area contributed by atoms with Crippen LogP contribution >= 0.6 is 0 Å². The molecule has 8 nitrogen and oxygen atoms in total. The van der Waals surface area contributed by atoms with Gasteiger partial charge in [-0.2, -0.15) is 0 Å². The zero-order chi connectivity index (χ0) is 20.8. The zero-order valence-electron chi connectivity index (χ0n) is 17.1. The Hall–Kier alpha value is -3.42. The summed E-state index contributed by atoms with van der Waals surface area (Å²) in [4.78, 5) is 14.9. The van der Waals surface area contributed by atoms with Crippen molar-refractivity contribution in [3.63, 3.8) is 0 Å². The fraction of sp³-hybridized carbons (Fsp3) is 0.364. The van der Waals surface area contributed by atoms with Crippen molar-refractivity contribution in [2.24, 2.45) is 0 Å². The summed E-state index contributed by atoms with van der Waals surface area (Å²) in [6.07, 6.45) is 3.80. The number of nitrogens with zero attached hydrogens (tertiary/aromatic N) is 5. The predicted octanol–water partition coefficient (Wildman–Crippen LogP) is 3.51. The quantitative estimate of drug-likeness (QED) is 0.646. The topological polar surface area (TPSA) is 85.2 Å². The SMILES string of the molecule is CCn1nnnc1COc1ccc(C(=O)Nc2ccc(N3CCCCC3)cc2)cc1. The lowest BCUT2D eigenvalue weighted by Crippen LogP contribution is -2.29. The number of rotatable bonds is 7. The average Bonchev–Trinajstić information content (AvgIpc) is 3.27. The number of tetrazole rings is 1. The zero-order valence-corrected chi connectivity index (χ0v) is 17.1. The number of amides is 1. The van der Waals surface area contributed by atoms with Gasteiger partial charge in [0, 0.05) is 36.6 Å². The lowest BCUT2D eigenvalue weighted by Gasteiger charge is -2.28. The van der Waals surface area contributed by atoms with Gasteiger partial charge in [-0.05, 0) is 85.1 Å². The normalized spacial score (nSPS) is 13.8. The van der Waals surface area contributed by atoms with E-state index >= 15 is 0 Å². The average molecular weight is 406 g/mol. The van der Waals surface area contributed by atoms with E-state index < -0.39 is 0 Å². The van der Waals surface area contributed by atoms with E-state index in [0.717, 1.165) is 18.8 Å². The fourth-order valence-electron chi connectivity index (χ4n) is 3.53. The minimum absolute atomic E-state index is 0.151. The molecule has 1 amide bonds. The van der Waals surface area contributed by atoms with Crippen LogP contribution in [0.2, 0.25) is 0 Å². The number of hydrogen-bond donors (Lipinski definition) is 1. The molecule has 0 spiro atoms. The predicted molar refractivity (Wildman–Crippen MR) is 115 cm³/mol. The van der Waals surface area contributed by atoms with Crippen molar-refractivity contribution in [1.29, 1.82) is 0 Å². The lowest BCUT2D eigenvalue weighted by atomic mass is 10.1. The molecule has 0 bridgehead atoms. The van der Waals surface area contributed by atoms with Crippen molar-refractivity contribution in [3.8, 4) is 5.75 Å². The maximum Gasteiger partial charge on any atom is 0.255 e. The molecule has 2 heterocycles. The minimum Gasteiger partial charge on any atom is -0.486 e. The summed E-state index contributed by atoms with van der Waals surface area (Å²) in [6, 6.07) is 15.1. The van der Waals surface area contributed by atoms with Crippen LogP contribution in [0.1, 0.15) is 42.4 Å². The van der Waals surface area contributed by atoms with Crippen molar-refractivity contribution in [1.82, 2.24) is 20.2 Å². The van der Waals surface area contributed by atoms with Crippen LogP contribution in [0, 0.1) is 0 Å². The molecule has 1 aliphatic heterocycles. The molecule has 0 unspecified atom stereocenters. The summed E-state index contributed by atoms with van der Waals surface area (Å²) in [5.74, 6) is 1.16. The van der Waals surface area contributed by atoms with Crippen LogP contribution in [0.4, 0.5) is 11.4 Å². The van der Waals surface area contributed by atoms with Gasteiger partial charge < -0.3 is 15.0 Å². The summed E-state index contributed by atoms with van der Waals surface area (Å²) >= 11 is 0. The Morgan fingerprint density at radius 1 is 1.03 bits per heavy atom. The second kappa shape index (κ2) is 9.39. The molecule has 1 fully saturated rings. The van der Waals surface area contributed by atoms with E-state index in [9.17, 15) is 4.79 Å². The number of benzene rings is 2. The molecule has 156 valence electrons. The third kappa shape index (κ3) is 4.76. The number of aromatic nitrogens is 4. The van der Waals surface area contributed by atoms with Gasteiger partial charge in [-0.1, -0.05) is 0 Å². The van der Waals surface area contributed by atoms with E-state index in [4.69, 9.17) is 4.74 Å². The van der Waals surface area contributed by atoms with Crippen molar-refractivity contribution < 1.29 is 9.53 Å².